The monoisotopic (exact) mass is 306 g/mol. The largest absolute Gasteiger partial charge is 0.512 e. The van der Waals surface area contributed by atoms with Crippen molar-refractivity contribution in [1.82, 2.24) is 0 Å². The quantitative estimate of drug-likeness (QED) is 0.841. The minimum absolute atomic E-state index is 0.0597. The molecule has 2 nitrogen and oxygen atoms in total. The Morgan fingerprint density at radius 3 is 2.35 bits per heavy atom. The Kier molecular flexibility index (Phi) is 4.33. The minimum atomic E-state index is 0.0597. The molecule has 23 heavy (non-hydrogen) atoms. The second-order valence-corrected chi connectivity index (χ2v) is 6.19. The van der Waals surface area contributed by atoms with Gasteiger partial charge in [-0.15, -0.1) is 0 Å². The van der Waals surface area contributed by atoms with E-state index in [0.29, 0.717) is 18.4 Å². The van der Waals surface area contributed by atoms with Gasteiger partial charge < -0.3 is 5.11 Å². The summed E-state index contributed by atoms with van der Waals surface area (Å²) in [6.07, 6.45) is 2.71. The van der Waals surface area contributed by atoms with Gasteiger partial charge in [-0.3, -0.25) is 4.79 Å². The molecule has 118 valence electrons. The molecule has 3 rings (SSSR count). The van der Waals surface area contributed by atoms with Crippen molar-refractivity contribution in [2.45, 2.75) is 39.5 Å². The van der Waals surface area contributed by atoms with E-state index in [1.807, 2.05) is 0 Å². The van der Waals surface area contributed by atoms with Crippen LogP contribution < -0.4 is 0 Å². The first kappa shape index (κ1) is 15.5. The molecule has 2 heteroatoms. The lowest BCUT2D eigenvalue weighted by Gasteiger charge is -2.19. The molecule has 2 aromatic carbocycles. The van der Waals surface area contributed by atoms with Crippen molar-refractivity contribution >= 4 is 11.4 Å². The van der Waals surface area contributed by atoms with E-state index in [-0.39, 0.29) is 11.5 Å². The number of aliphatic hydroxyl groups is 1. The van der Waals surface area contributed by atoms with Crippen LogP contribution in [0.15, 0.2) is 48.2 Å². The molecule has 0 amide bonds. The Balaban J connectivity index is 2.14. The van der Waals surface area contributed by atoms with Crippen LogP contribution in [0.3, 0.4) is 0 Å². The zero-order chi connectivity index (χ0) is 16.4. The van der Waals surface area contributed by atoms with Crippen molar-refractivity contribution in [2.24, 2.45) is 0 Å². The van der Waals surface area contributed by atoms with Gasteiger partial charge in [-0.1, -0.05) is 48.9 Å². The Morgan fingerprint density at radius 1 is 1.00 bits per heavy atom. The van der Waals surface area contributed by atoms with Crippen LogP contribution in [0.1, 0.15) is 42.9 Å². The number of aryl methyl sites for hydroxylation is 2. The zero-order valence-corrected chi connectivity index (χ0v) is 13.7. The highest BCUT2D eigenvalue weighted by Gasteiger charge is 2.23. The van der Waals surface area contributed by atoms with Crippen LogP contribution in [0.5, 0.6) is 0 Å². The molecule has 0 aliphatic heterocycles. The molecule has 1 N–H and O–H groups in total. The topological polar surface area (TPSA) is 37.3 Å². The fourth-order valence-corrected chi connectivity index (χ4v) is 3.18. The highest BCUT2D eigenvalue weighted by atomic mass is 16.3. The summed E-state index contributed by atoms with van der Waals surface area (Å²) < 4.78 is 0. The van der Waals surface area contributed by atoms with Crippen LogP contribution in [-0.4, -0.2) is 10.9 Å². The first-order valence-corrected chi connectivity index (χ1v) is 8.25. The molecule has 0 saturated carbocycles. The van der Waals surface area contributed by atoms with E-state index in [1.54, 1.807) is 0 Å². The molecule has 0 heterocycles. The highest BCUT2D eigenvalue weighted by Crippen LogP contribution is 2.33. The van der Waals surface area contributed by atoms with Crippen LogP contribution in [0.4, 0.5) is 0 Å². The van der Waals surface area contributed by atoms with Gasteiger partial charge in [-0.25, -0.2) is 0 Å². The molecule has 0 unspecified atom stereocenters. The Bertz CT molecular complexity index is 767. The molecular weight excluding hydrogens is 284 g/mol. The van der Waals surface area contributed by atoms with E-state index >= 15 is 0 Å². The molecule has 0 spiro atoms. The first-order chi connectivity index (χ1) is 11.1. The molecule has 0 saturated heterocycles. The lowest BCUT2D eigenvalue weighted by atomic mass is 9.86. The second kappa shape index (κ2) is 6.41. The lowest BCUT2D eigenvalue weighted by molar-refractivity contribution is -0.114. The third kappa shape index (κ3) is 3.07. The zero-order valence-electron chi connectivity index (χ0n) is 13.7. The van der Waals surface area contributed by atoms with Crippen LogP contribution in [-0.2, 0) is 11.2 Å². The van der Waals surface area contributed by atoms with Crippen LogP contribution in [0.25, 0.3) is 16.7 Å². The predicted octanol–water partition coefficient (Wildman–Crippen LogP) is 5.25. The average Bonchev–Trinajstić information content (AvgIpc) is 2.55. The molecule has 2 aromatic rings. The third-order valence-corrected chi connectivity index (χ3v) is 4.53. The molecule has 1 aliphatic rings. The molecule has 0 bridgehead atoms. The summed E-state index contributed by atoms with van der Waals surface area (Å²) in [6.45, 7) is 4.15. The maximum absolute atomic E-state index is 12.3. The van der Waals surface area contributed by atoms with Gasteiger partial charge in [-0.05, 0) is 48.1 Å². The van der Waals surface area contributed by atoms with Crippen molar-refractivity contribution in [3.05, 3.63) is 64.9 Å². The van der Waals surface area contributed by atoms with Gasteiger partial charge in [0.25, 0.3) is 0 Å². The van der Waals surface area contributed by atoms with Crippen LogP contribution >= 0.6 is 0 Å². The first-order valence-electron chi connectivity index (χ1n) is 8.25. The van der Waals surface area contributed by atoms with Crippen molar-refractivity contribution < 1.29 is 9.90 Å². The smallest absolute Gasteiger partial charge is 0.166 e. The summed E-state index contributed by atoms with van der Waals surface area (Å²) in [4.78, 5) is 12.3. The van der Waals surface area contributed by atoms with Crippen molar-refractivity contribution in [3.63, 3.8) is 0 Å². The number of ketones is 1. The minimum Gasteiger partial charge on any atom is -0.512 e. The summed E-state index contributed by atoms with van der Waals surface area (Å²) >= 11 is 0. The fraction of sp³-hybridized carbons (Fsp3) is 0.286. The van der Waals surface area contributed by atoms with Crippen LogP contribution in [0, 0.1) is 6.92 Å². The van der Waals surface area contributed by atoms with Gasteiger partial charge in [0, 0.05) is 12.8 Å². The van der Waals surface area contributed by atoms with Gasteiger partial charge in [-0.2, -0.15) is 0 Å². The van der Waals surface area contributed by atoms with E-state index in [9.17, 15) is 9.90 Å². The van der Waals surface area contributed by atoms with Crippen molar-refractivity contribution in [2.75, 3.05) is 0 Å². The Labute approximate surface area is 137 Å². The SMILES string of the molecule is CCc1ccc(-c2ccc(C)cc2)cc1C1=C(O)CCCC1=O. The number of hydrogen-bond donors (Lipinski definition) is 1. The lowest BCUT2D eigenvalue weighted by Crippen LogP contribution is -2.12. The summed E-state index contributed by atoms with van der Waals surface area (Å²) in [5.74, 6) is 0.307. The van der Waals surface area contributed by atoms with Crippen molar-refractivity contribution in [1.29, 1.82) is 0 Å². The molecule has 0 aromatic heterocycles. The second-order valence-electron chi connectivity index (χ2n) is 6.19. The number of rotatable bonds is 3. The Hall–Kier alpha value is -2.35. The van der Waals surface area contributed by atoms with Gasteiger partial charge in [0.1, 0.15) is 5.76 Å². The molecule has 1 aliphatic carbocycles. The maximum atomic E-state index is 12.3. The van der Waals surface area contributed by atoms with E-state index < -0.39 is 0 Å². The number of carbonyl (C=O) groups is 1. The predicted molar refractivity (Wildman–Crippen MR) is 94.4 cm³/mol. The van der Waals surface area contributed by atoms with Gasteiger partial charge in [0.05, 0.1) is 5.57 Å². The summed E-state index contributed by atoms with van der Waals surface area (Å²) in [5, 5.41) is 10.3. The van der Waals surface area contributed by atoms with E-state index in [0.717, 1.165) is 35.1 Å². The molecule has 0 fully saturated rings. The van der Waals surface area contributed by atoms with Gasteiger partial charge >= 0.3 is 0 Å². The molecule has 0 atom stereocenters. The highest BCUT2D eigenvalue weighted by molar-refractivity contribution is 6.22. The molecular formula is C21H22O2. The fourth-order valence-electron chi connectivity index (χ4n) is 3.18. The van der Waals surface area contributed by atoms with Crippen LogP contribution in [0.2, 0.25) is 0 Å². The van der Waals surface area contributed by atoms with E-state index in [4.69, 9.17) is 0 Å². The summed E-state index contributed by atoms with van der Waals surface area (Å²) in [7, 11) is 0. The van der Waals surface area contributed by atoms with Crippen molar-refractivity contribution in [3.8, 4) is 11.1 Å². The number of hydrogen-bond acceptors (Lipinski definition) is 2. The Morgan fingerprint density at radius 2 is 1.70 bits per heavy atom. The number of aliphatic hydroxyl groups excluding tert-OH is 1. The van der Waals surface area contributed by atoms with Gasteiger partial charge in [0.15, 0.2) is 5.78 Å². The normalized spacial score (nSPS) is 15.1. The number of Topliss-reactive ketones (excluding diaryl/α,β-unsaturated/α-hetero) is 1. The maximum Gasteiger partial charge on any atom is 0.166 e. The third-order valence-electron chi connectivity index (χ3n) is 4.53. The summed E-state index contributed by atoms with van der Waals surface area (Å²) in [6, 6.07) is 14.6. The standard InChI is InChI=1S/C21H22O2/c1-3-15-11-12-17(16-9-7-14(2)8-10-16)13-18(15)21-19(22)5-4-6-20(21)23/h7-13,22H,3-6H2,1-2H3. The van der Waals surface area contributed by atoms with E-state index in [2.05, 4.69) is 56.3 Å². The molecule has 0 radical (unpaired) electrons. The number of allylic oxidation sites excluding steroid dienone is 2. The van der Waals surface area contributed by atoms with Gasteiger partial charge in [0.2, 0.25) is 0 Å². The number of carbonyl (C=O) groups excluding carboxylic acids is 1. The summed E-state index contributed by atoms with van der Waals surface area (Å²) in [5.41, 5.74) is 5.97. The van der Waals surface area contributed by atoms with E-state index in [1.165, 1.54) is 5.56 Å². The average molecular weight is 306 g/mol. The number of benzene rings is 2.